The molecule has 2 heterocycles. The number of fused-ring (bicyclic) bond motifs is 1. The number of aromatic nitrogens is 4. The largest absolute Gasteiger partial charge is 0.333 e. The minimum Gasteiger partial charge on any atom is -0.324 e. The number of nitrogens with one attached hydrogen (secondary N) is 1. The average Bonchev–Trinajstić information content (AvgIpc) is 3.42. The summed E-state index contributed by atoms with van der Waals surface area (Å²) in [6.07, 6.45) is 9.84. The molecule has 0 saturated carbocycles. The zero-order chi connectivity index (χ0) is 21.9. The van der Waals surface area contributed by atoms with E-state index in [1.807, 2.05) is 60.8 Å². The van der Waals surface area contributed by atoms with Crippen molar-refractivity contribution in [1.29, 1.82) is 0 Å². The number of rotatable bonds is 6. The van der Waals surface area contributed by atoms with Crippen LogP contribution in [0, 0.1) is 0 Å². The maximum Gasteiger partial charge on any atom is 0.333 e. The third-order valence-corrected chi connectivity index (χ3v) is 5.87. The second kappa shape index (κ2) is 8.70. The molecule has 0 fully saturated rings. The smallest absolute Gasteiger partial charge is 0.324 e. The first-order chi connectivity index (χ1) is 15.7. The number of benzene rings is 2. The highest BCUT2D eigenvalue weighted by Gasteiger charge is 2.19. The molecule has 0 spiro atoms. The third kappa shape index (κ3) is 3.89. The van der Waals surface area contributed by atoms with Gasteiger partial charge in [0.05, 0.1) is 17.6 Å². The number of nitrogens with zero attached hydrogens (tertiary/aromatic N) is 4. The van der Waals surface area contributed by atoms with E-state index in [0.29, 0.717) is 6.54 Å². The molecule has 1 aliphatic carbocycles. The third-order valence-electron chi connectivity index (χ3n) is 5.87. The van der Waals surface area contributed by atoms with Crippen LogP contribution in [0.1, 0.15) is 31.2 Å². The Bertz CT molecular complexity index is 1340. The maximum absolute atomic E-state index is 13.3. The standard InChI is InChI=1S/C25H25N5O2/c31-24(27-21-12-5-4-9-19(21)17-28-16-8-15-26-28)18-29-22-13-6-7-14-23(22)30(25(29)32)20-10-2-1-3-11-20/h4-10,12-16H,1-3,11,17-18H2,(H,27,31). The van der Waals surface area contributed by atoms with Crippen LogP contribution in [0.5, 0.6) is 0 Å². The van der Waals surface area contributed by atoms with Crippen molar-refractivity contribution in [3.05, 3.63) is 89.1 Å². The van der Waals surface area contributed by atoms with Crippen LogP contribution in [0.25, 0.3) is 16.7 Å². The van der Waals surface area contributed by atoms with Crippen molar-refractivity contribution in [1.82, 2.24) is 18.9 Å². The molecular formula is C25H25N5O2. The Morgan fingerprint density at radius 1 is 1.00 bits per heavy atom. The highest BCUT2D eigenvalue weighted by atomic mass is 16.2. The Morgan fingerprint density at radius 3 is 2.59 bits per heavy atom. The molecular weight excluding hydrogens is 402 g/mol. The van der Waals surface area contributed by atoms with Gasteiger partial charge in [0.15, 0.2) is 0 Å². The first-order valence-electron chi connectivity index (χ1n) is 11.0. The summed E-state index contributed by atoms with van der Waals surface area (Å²) in [5.74, 6) is -0.236. The normalized spacial score (nSPS) is 13.8. The Labute approximate surface area is 185 Å². The summed E-state index contributed by atoms with van der Waals surface area (Å²) in [5.41, 5.74) is 4.15. The number of hydrogen-bond donors (Lipinski definition) is 1. The predicted octanol–water partition coefficient (Wildman–Crippen LogP) is 4.10. The first-order valence-corrected chi connectivity index (χ1v) is 11.0. The number of carbonyl (C=O) groups is 1. The zero-order valence-electron chi connectivity index (χ0n) is 17.8. The average molecular weight is 428 g/mol. The van der Waals surface area contributed by atoms with Gasteiger partial charge in [-0.1, -0.05) is 36.4 Å². The fraction of sp³-hybridized carbons (Fsp3) is 0.240. The van der Waals surface area contributed by atoms with Crippen molar-refractivity contribution in [3.63, 3.8) is 0 Å². The second-order valence-electron chi connectivity index (χ2n) is 8.04. The quantitative estimate of drug-likeness (QED) is 0.503. The van der Waals surface area contributed by atoms with Gasteiger partial charge in [0.1, 0.15) is 6.54 Å². The van der Waals surface area contributed by atoms with E-state index >= 15 is 0 Å². The minimum absolute atomic E-state index is 0.0459. The van der Waals surface area contributed by atoms with Crippen molar-refractivity contribution in [2.75, 3.05) is 5.32 Å². The summed E-state index contributed by atoms with van der Waals surface area (Å²) in [6.45, 7) is 0.507. The molecule has 1 N–H and O–H groups in total. The van der Waals surface area contributed by atoms with Crippen LogP contribution in [0.2, 0.25) is 0 Å². The minimum atomic E-state index is -0.236. The molecule has 7 nitrogen and oxygen atoms in total. The van der Waals surface area contributed by atoms with Crippen LogP contribution < -0.4 is 11.0 Å². The lowest BCUT2D eigenvalue weighted by atomic mass is 10.0. The van der Waals surface area contributed by atoms with Crippen LogP contribution >= 0.6 is 0 Å². The molecule has 2 aromatic carbocycles. The van der Waals surface area contributed by atoms with Gasteiger partial charge in [0.25, 0.3) is 0 Å². The number of amides is 1. The lowest BCUT2D eigenvalue weighted by molar-refractivity contribution is -0.116. The van der Waals surface area contributed by atoms with Gasteiger partial charge in [-0.25, -0.2) is 4.79 Å². The van der Waals surface area contributed by atoms with Crippen molar-refractivity contribution in [2.24, 2.45) is 0 Å². The maximum atomic E-state index is 13.3. The van der Waals surface area contributed by atoms with Crippen LogP contribution in [0.3, 0.4) is 0 Å². The number of hydrogen-bond acceptors (Lipinski definition) is 3. The van der Waals surface area contributed by atoms with Crippen molar-refractivity contribution >= 4 is 28.3 Å². The van der Waals surface area contributed by atoms with Gasteiger partial charge in [0, 0.05) is 23.8 Å². The first kappa shape index (κ1) is 20.1. The summed E-state index contributed by atoms with van der Waals surface area (Å²) in [5, 5.41) is 7.23. The van der Waals surface area contributed by atoms with Gasteiger partial charge < -0.3 is 5.32 Å². The van der Waals surface area contributed by atoms with E-state index < -0.39 is 0 Å². The van der Waals surface area contributed by atoms with Gasteiger partial charge in [-0.3, -0.25) is 18.6 Å². The zero-order valence-corrected chi connectivity index (χ0v) is 17.8. The molecule has 0 bridgehead atoms. The molecule has 162 valence electrons. The summed E-state index contributed by atoms with van der Waals surface area (Å²) in [6, 6.07) is 17.2. The van der Waals surface area contributed by atoms with E-state index in [4.69, 9.17) is 0 Å². The number of carbonyl (C=O) groups excluding carboxylic acids is 1. The number of imidazole rings is 1. The molecule has 0 aliphatic heterocycles. The van der Waals surface area contributed by atoms with Crippen LogP contribution in [0.15, 0.2) is 77.9 Å². The fourth-order valence-corrected chi connectivity index (χ4v) is 4.34. The van der Waals surface area contributed by atoms with E-state index in [0.717, 1.165) is 53.7 Å². The Kier molecular flexibility index (Phi) is 5.46. The van der Waals surface area contributed by atoms with Gasteiger partial charge in [-0.15, -0.1) is 0 Å². The topological polar surface area (TPSA) is 73.8 Å². The second-order valence-corrected chi connectivity index (χ2v) is 8.04. The molecule has 1 aliphatic rings. The van der Waals surface area contributed by atoms with Gasteiger partial charge in [-0.2, -0.15) is 5.10 Å². The summed E-state index contributed by atoms with van der Waals surface area (Å²) in [4.78, 5) is 26.3. The highest BCUT2D eigenvalue weighted by molar-refractivity contribution is 5.92. The van der Waals surface area contributed by atoms with E-state index in [2.05, 4.69) is 16.5 Å². The number of anilines is 1. The van der Waals surface area contributed by atoms with Gasteiger partial charge in [-0.05, 0) is 55.5 Å². The molecule has 1 amide bonds. The van der Waals surface area contributed by atoms with E-state index in [1.165, 1.54) is 0 Å². The highest BCUT2D eigenvalue weighted by Crippen LogP contribution is 2.25. The molecule has 0 radical (unpaired) electrons. The molecule has 0 saturated heterocycles. The van der Waals surface area contributed by atoms with Crippen molar-refractivity contribution < 1.29 is 4.79 Å². The SMILES string of the molecule is O=C(Cn1c(=O)n(C2=CCCCC2)c2ccccc21)Nc1ccccc1Cn1cccn1. The van der Waals surface area contributed by atoms with Crippen molar-refractivity contribution in [3.8, 4) is 0 Å². The van der Waals surface area contributed by atoms with E-state index in [9.17, 15) is 9.59 Å². The van der Waals surface area contributed by atoms with Crippen LogP contribution in [0.4, 0.5) is 5.69 Å². The van der Waals surface area contributed by atoms with Gasteiger partial charge >= 0.3 is 5.69 Å². The molecule has 2 aromatic heterocycles. The summed E-state index contributed by atoms with van der Waals surface area (Å²) in [7, 11) is 0. The Hall–Kier alpha value is -3.87. The lowest BCUT2D eigenvalue weighted by Gasteiger charge is -2.13. The molecule has 32 heavy (non-hydrogen) atoms. The monoisotopic (exact) mass is 427 g/mol. The van der Waals surface area contributed by atoms with Crippen molar-refractivity contribution in [2.45, 2.75) is 38.8 Å². The van der Waals surface area contributed by atoms with Crippen LogP contribution in [-0.2, 0) is 17.9 Å². The predicted molar refractivity (Wildman–Crippen MR) is 125 cm³/mol. The fourth-order valence-electron chi connectivity index (χ4n) is 4.34. The molecule has 5 rings (SSSR count). The molecule has 4 aromatic rings. The van der Waals surface area contributed by atoms with E-state index in [1.54, 1.807) is 20.0 Å². The lowest BCUT2D eigenvalue weighted by Crippen LogP contribution is -2.29. The van der Waals surface area contributed by atoms with Crippen LogP contribution in [-0.4, -0.2) is 24.8 Å². The Balaban J connectivity index is 1.44. The molecule has 0 unspecified atom stereocenters. The number of allylic oxidation sites excluding steroid dienone is 2. The van der Waals surface area contributed by atoms with Gasteiger partial charge in [0.2, 0.25) is 5.91 Å². The number of para-hydroxylation sites is 3. The molecule has 0 atom stereocenters. The molecule has 7 heteroatoms. The van der Waals surface area contributed by atoms with E-state index in [-0.39, 0.29) is 18.1 Å². The summed E-state index contributed by atoms with van der Waals surface area (Å²) >= 11 is 0. The Morgan fingerprint density at radius 2 is 1.81 bits per heavy atom. The summed E-state index contributed by atoms with van der Waals surface area (Å²) < 4.78 is 5.14.